The minimum atomic E-state index is -0.235. The van der Waals surface area contributed by atoms with Gasteiger partial charge in [-0.2, -0.15) is 5.10 Å². The fourth-order valence-corrected chi connectivity index (χ4v) is 3.08. The van der Waals surface area contributed by atoms with E-state index in [4.69, 9.17) is 4.74 Å². The van der Waals surface area contributed by atoms with Gasteiger partial charge in [0.15, 0.2) is 5.69 Å². The molecule has 0 atom stereocenters. The van der Waals surface area contributed by atoms with Crippen molar-refractivity contribution in [2.75, 3.05) is 44.7 Å². The summed E-state index contributed by atoms with van der Waals surface area (Å²) < 4.78 is 6.83. The molecule has 0 bridgehead atoms. The molecule has 28 heavy (non-hydrogen) atoms. The molecule has 1 aliphatic rings. The van der Waals surface area contributed by atoms with E-state index in [9.17, 15) is 9.59 Å². The molecule has 0 aliphatic carbocycles. The number of aromatic nitrogens is 2. The van der Waals surface area contributed by atoms with E-state index < -0.39 is 0 Å². The van der Waals surface area contributed by atoms with Gasteiger partial charge in [-0.1, -0.05) is 30.3 Å². The summed E-state index contributed by atoms with van der Waals surface area (Å²) >= 11 is 0. The first-order valence-corrected chi connectivity index (χ1v) is 9.58. The summed E-state index contributed by atoms with van der Waals surface area (Å²) in [4.78, 5) is 26.8. The van der Waals surface area contributed by atoms with Gasteiger partial charge in [0.05, 0.1) is 19.6 Å². The third-order valence-corrected chi connectivity index (χ3v) is 4.63. The van der Waals surface area contributed by atoms with E-state index in [1.807, 2.05) is 30.3 Å². The third kappa shape index (κ3) is 5.90. The number of benzene rings is 1. The molecule has 3 rings (SSSR count). The van der Waals surface area contributed by atoms with Crippen molar-refractivity contribution in [3.8, 4) is 0 Å². The highest BCUT2D eigenvalue weighted by Crippen LogP contribution is 2.10. The lowest BCUT2D eigenvalue weighted by molar-refractivity contribution is -0.115. The van der Waals surface area contributed by atoms with Crippen LogP contribution in [0, 0.1) is 0 Å². The molecule has 0 spiro atoms. The second-order valence-electron chi connectivity index (χ2n) is 6.81. The number of anilines is 1. The van der Waals surface area contributed by atoms with Crippen LogP contribution in [0.5, 0.6) is 0 Å². The zero-order valence-electron chi connectivity index (χ0n) is 16.2. The van der Waals surface area contributed by atoms with Gasteiger partial charge in [0.1, 0.15) is 5.82 Å². The Hall–Kier alpha value is -2.71. The van der Waals surface area contributed by atoms with Gasteiger partial charge in [0.25, 0.3) is 5.91 Å². The summed E-state index contributed by atoms with van der Waals surface area (Å²) in [7, 11) is 1.70. The number of ether oxygens (including phenoxy) is 1. The largest absolute Gasteiger partial charge is 0.379 e. The molecule has 1 aromatic heterocycles. The van der Waals surface area contributed by atoms with Crippen molar-refractivity contribution in [1.82, 2.24) is 20.0 Å². The number of carbonyl (C=O) groups is 2. The monoisotopic (exact) mass is 385 g/mol. The molecular weight excluding hydrogens is 358 g/mol. The standard InChI is InChI=1S/C20H27N5O3/c1-24-18(22-19(26)14-16-6-3-2-4-7-16)15-17(23-24)20(27)21-8-5-9-25-10-12-28-13-11-25/h2-4,6-7,15H,5,8-14H2,1H3,(H,21,27)(H,22,26). The van der Waals surface area contributed by atoms with Crippen molar-refractivity contribution in [3.63, 3.8) is 0 Å². The minimum Gasteiger partial charge on any atom is -0.379 e. The second-order valence-corrected chi connectivity index (χ2v) is 6.81. The Morgan fingerprint density at radius 2 is 1.93 bits per heavy atom. The van der Waals surface area contributed by atoms with Gasteiger partial charge in [-0.15, -0.1) is 0 Å². The van der Waals surface area contributed by atoms with Crippen LogP contribution in [0.4, 0.5) is 5.82 Å². The average Bonchev–Trinajstić information content (AvgIpc) is 3.07. The SMILES string of the molecule is Cn1nc(C(=O)NCCCN2CCOCC2)cc1NC(=O)Cc1ccccc1. The first-order valence-electron chi connectivity index (χ1n) is 9.58. The number of hydrogen-bond donors (Lipinski definition) is 2. The van der Waals surface area contributed by atoms with Gasteiger partial charge in [0, 0.05) is 32.7 Å². The number of rotatable bonds is 8. The highest BCUT2D eigenvalue weighted by atomic mass is 16.5. The van der Waals surface area contributed by atoms with Crippen LogP contribution in [0.1, 0.15) is 22.5 Å². The molecule has 1 fully saturated rings. The molecular formula is C20H27N5O3. The first-order chi connectivity index (χ1) is 13.6. The normalized spacial score (nSPS) is 14.6. The van der Waals surface area contributed by atoms with E-state index in [1.165, 1.54) is 4.68 Å². The molecule has 0 radical (unpaired) electrons. The fourth-order valence-electron chi connectivity index (χ4n) is 3.08. The molecule has 1 aliphatic heterocycles. The Kier molecular flexibility index (Phi) is 7.16. The van der Waals surface area contributed by atoms with E-state index >= 15 is 0 Å². The lowest BCUT2D eigenvalue weighted by Crippen LogP contribution is -2.38. The summed E-state index contributed by atoms with van der Waals surface area (Å²) in [5.74, 6) is 0.118. The lowest BCUT2D eigenvalue weighted by Gasteiger charge is -2.26. The van der Waals surface area contributed by atoms with Crippen molar-refractivity contribution >= 4 is 17.6 Å². The molecule has 0 unspecified atom stereocenters. The Morgan fingerprint density at radius 1 is 1.18 bits per heavy atom. The van der Waals surface area contributed by atoms with Crippen molar-refractivity contribution in [2.24, 2.45) is 7.05 Å². The Morgan fingerprint density at radius 3 is 2.68 bits per heavy atom. The quantitative estimate of drug-likeness (QED) is 0.663. The van der Waals surface area contributed by atoms with E-state index in [0.29, 0.717) is 18.1 Å². The fraction of sp³-hybridized carbons (Fsp3) is 0.450. The predicted octanol–water partition coefficient (Wildman–Crippen LogP) is 1.05. The summed E-state index contributed by atoms with van der Waals surface area (Å²) in [5, 5.41) is 9.90. The van der Waals surface area contributed by atoms with E-state index in [0.717, 1.165) is 44.8 Å². The maximum atomic E-state index is 12.3. The number of nitrogens with zero attached hydrogens (tertiary/aromatic N) is 3. The van der Waals surface area contributed by atoms with Gasteiger partial charge in [-0.3, -0.25) is 19.2 Å². The predicted molar refractivity (Wildman–Crippen MR) is 106 cm³/mol. The van der Waals surface area contributed by atoms with Gasteiger partial charge in [-0.05, 0) is 18.5 Å². The van der Waals surface area contributed by atoms with E-state index in [1.54, 1.807) is 13.1 Å². The van der Waals surface area contributed by atoms with E-state index in [2.05, 4.69) is 20.6 Å². The van der Waals surface area contributed by atoms with Crippen LogP contribution in [-0.4, -0.2) is 65.9 Å². The molecule has 2 heterocycles. The van der Waals surface area contributed by atoms with Crippen molar-refractivity contribution in [2.45, 2.75) is 12.8 Å². The first kappa shape index (κ1) is 20.0. The summed E-state index contributed by atoms with van der Waals surface area (Å²) in [6, 6.07) is 11.1. The molecule has 1 aromatic carbocycles. The second kappa shape index (κ2) is 10.0. The zero-order valence-corrected chi connectivity index (χ0v) is 16.2. The number of hydrogen-bond acceptors (Lipinski definition) is 5. The smallest absolute Gasteiger partial charge is 0.271 e. The highest BCUT2D eigenvalue weighted by Gasteiger charge is 2.15. The maximum Gasteiger partial charge on any atom is 0.271 e. The average molecular weight is 385 g/mol. The van der Waals surface area contributed by atoms with Crippen LogP contribution in [-0.2, 0) is 23.0 Å². The van der Waals surface area contributed by atoms with Crippen LogP contribution in [0.3, 0.4) is 0 Å². The minimum absolute atomic E-state index is 0.147. The Bertz CT molecular complexity index is 784. The van der Waals surface area contributed by atoms with Crippen LogP contribution in [0.25, 0.3) is 0 Å². The van der Waals surface area contributed by atoms with Crippen molar-refractivity contribution < 1.29 is 14.3 Å². The zero-order chi connectivity index (χ0) is 19.8. The Balaban J connectivity index is 1.44. The van der Waals surface area contributed by atoms with Crippen LogP contribution < -0.4 is 10.6 Å². The molecule has 2 aromatic rings. The maximum absolute atomic E-state index is 12.3. The van der Waals surface area contributed by atoms with E-state index in [-0.39, 0.29) is 18.2 Å². The number of carbonyl (C=O) groups excluding carboxylic acids is 2. The third-order valence-electron chi connectivity index (χ3n) is 4.63. The highest BCUT2D eigenvalue weighted by molar-refractivity contribution is 5.95. The van der Waals surface area contributed by atoms with Crippen LogP contribution in [0.2, 0.25) is 0 Å². The van der Waals surface area contributed by atoms with Crippen LogP contribution in [0.15, 0.2) is 36.4 Å². The Labute approximate surface area is 164 Å². The number of aryl methyl sites for hydroxylation is 1. The van der Waals surface area contributed by atoms with Gasteiger partial charge in [0.2, 0.25) is 5.91 Å². The molecule has 150 valence electrons. The van der Waals surface area contributed by atoms with Gasteiger partial charge < -0.3 is 15.4 Å². The topological polar surface area (TPSA) is 88.5 Å². The number of nitrogens with one attached hydrogen (secondary N) is 2. The number of amides is 2. The van der Waals surface area contributed by atoms with Gasteiger partial charge in [-0.25, -0.2) is 0 Å². The summed E-state index contributed by atoms with van der Waals surface area (Å²) in [5.41, 5.74) is 1.23. The van der Waals surface area contributed by atoms with Gasteiger partial charge >= 0.3 is 0 Å². The summed E-state index contributed by atoms with van der Waals surface area (Å²) in [6.07, 6.45) is 1.15. The van der Waals surface area contributed by atoms with Crippen LogP contribution >= 0.6 is 0 Å². The van der Waals surface area contributed by atoms with Crippen molar-refractivity contribution in [3.05, 3.63) is 47.7 Å². The molecule has 1 saturated heterocycles. The molecule has 2 N–H and O–H groups in total. The molecule has 8 heteroatoms. The number of morpholine rings is 1. The summed E-state index contributed by atoms with van der Waals surface area (Å²) in [6.45, 7) is 4.97. The lowest BCUT2D eigenvalue weighted by atomic mass is 10.1. The molecule has 2 amide bonds. The molecule has 8 nitrogen and oxygen atoms in total. The molecule has 0 saturated carbocycles. The van der Waals surface area contributed by atoms with Crippen molar-refractivity contribution in [1.29, 1.82) is 0 Å².